The van der Waals surface area contributed by atoms with Crippen molar-refractivity contribution in [1.82, 2.24) is 9.78 Å². The largest absolute Gasteiger partial charge is 0.398 e. The zero-order valence-electron chi connectivity index (χ0n) is 10.3. The summed E-state index contributed by atoms with van der Waals surface area (Å²) in [5, 5.41) is 5.12. The highest BCUT2D eigenvalue weighted by atomic mass is 19.1. The van der Waals surface area contributed by atoms with E-state index in [9.17, 15) is 8.78 Å². The second-order valence-electron chi connectivity index (χ2n) is 3.99. The van der Waals surface area contributed by atoms with Crippen LogP contribution in [0.4, 0.5) is 14.5 Å². The van der Waals surface area contributed by atoms with Crippen LogP contribution in [0.2, 0.25) is 0 Å². The molecule has 0 radical (unpaired) electrons. The summed E-state index contributed by atoms with van der Waals surface area (Å²) in [6.45, 7) is 0. The maximum atomic E-state index is 11.9. The van der Waals surface area contributed by atoms with Gasteiger partial charge in [-0.15, -0.1) is 0 Å². The molecule has 2 N–H and O–H groups in total. The third-order valence-corrected chi connectivity index (χ3v) is 2.61. The van der Waals surface area contributed by atoms with Gasteiger partial charge in [0.2, 0.25) is 0 Å². The molecule has 0 atom stereocenters. The Morgan fingerprint density at radius 2 is 1.68 bits per heavy atom. The van der Waals surface area contributed by atoms with Gasteiger partial charge < -0.3 is 5.73 Å². The molecule has 0 aliphatic heterocycles. The second-order valence-corrected chi connectivity index (χ2v) is 3.99. The van der Waals surface area contributed by atoms with Gasteiger partial charge in [0.05, 0.1) is 11.7 Å². The van der Waals surface area contributed by atoms with E-state index in [0.29, 0.717) is 0 Å². The first kappa shape index (κ1) is 13.0. The number of fused-ring (bicyclic) bond motifs is 1. The predicted octanol–water partition coefficient (Wildman–Crippen LogP) is 3.12. The quantitative estimate of drug-likeness (QED) is 0.632. The van der Waals surface area contributed by atoms with Gasteiger partial charge in [-0.1, -0.05) is 12.1 Å². The van der Waals surface area contributed by atoms with Gasteiger partial charge in [-0.3, -0.25) is 4.68 Å². The fourth-order valence-electron chi connectivity index (χ4n) is 1.66. The van der Waals surface area contributed by atoms with Crippen molar-refractivity contribution < 1.29 is 8.78 Å². The van der Waals surface area contributed by atoms with E-state index < -0.39 is 11.6 Å². The monoisotopic (exact) mass is 261 g/mol. The normalized spacial score (nSPS) is 10.1. The molecular formula is C14H13F2N3. The third-order valence-electron chi connectivity index (χ3n) is 2.61. The van der Waals surface area contributed by atoms with Crippen LogP contribution in [-0.2, 0) is 7.05 Å². The molecule has 2 aromatic carbocycles. The van der Waals surface area contributed by atoms with Gasteiger partial charge in [0.15, 0.2) is 0 Å². The Bertz CT molecular complexity index is 675. The summed E-state index contributed by atoms with van der Waals surface area (Å²) >= 11 is 0. The van der Waals surface area contributed by atoms with Crippen LogP contribution in [0.1, 0.15) is 0 Å². The molecule has 0 fully saturated rings. The number of nitrogen functional groups attached to an aromatic ring is 1. The van der Waals surface area contributed by atoms with Crippen LogP contribution in [0.25, 0.3) is 10.9 Å². The third kappa shape index (κ3) is 3.07. The minimum Gasteiger partial charge on any atom is -0.398 e. The lowest BCUT2D eigenvalue weighted by Crippen LogP contribution is -1.89. The molecule has 3 aromatic rings. The molecule has 0 spiro atoms. The molecule has 0 bridgehead atoms. The highest BCUT2D eigenvalue weighted by Crippen LogP contribution is 2.18. The SMILES string of the molecule is Cn1ncc2c(N)cccc21.Fc1cccc(F)c1. The van der Waals surface area contributed by atoms with Crippen molar-refractivity contribution in [1.29, 1.82) is 0 Å². The maximum Gasteiger partial charge on any atom is 0.126 e. The number of anilines is 1. The van der Waals surface area contributed by atoms with Crippen molar-refractivity contribution in [2.75, 3.05) is 5.73 Å². The molecule has 3 nitrogen and oxygen atoms in total. The van der Waals surface area contributed by atoms with Gasteiger partial charge in [0.25, 0.3) is 0 Å². The minimum absolute atomic E-state index is 0.537. The molecule has 1 heterocycles. The molecule has 0 unspecified atom stereocenters. The van der Waals surface area contributed by atoms with E-state index in [4.69, 9.17) is 5.73 Å². The minimum atomic E-state index is -0.537. The average molecular weight is 261 g/mol. The summed E-state index contributed by atoms with van der Waals surface area (Å²) in [4.78, 5) is 0. The Labute approximate surface area is 109 Å². The molecule has 0 aliphatic rings. The molecule has 0 saturated carbocycles. The number of hydrogen-bond acceptors (Lipinski definition) is 2. The molecule has 0 aliphatic carbocycles. The molecule has 0 saturated heterocycles. The number of benzene rings is 2. The van der Waals surface area contributed by atoms with E-state index in [0.717, 1.165) is 22.7 Å². The number of rotatable bonds is 0. The summed E-state index contributed by atoms with van der Waals surface area (Å²) in [6.07, 6.45) is 1.78. The van der Waals surface area contributed by atoms with Crippen molar-refractivity contribution in [3.63, 3.8) is 0 Å². The van der Waals surface area contributed by atoms with E-state index in [1.807, 2.05) is 29.9 Å². The standard InChI is InChI=1S/C8H9N3.C6H4F2/c1-11-8-4-2-3-7(9)6(8)5-10-11;7-5-2-1-3-6(8)4-5/h2-5H,9H2,1H3;1-4H. The van der Waals surface area contributed by atoms with Gasteiger partial charge in [0, 0.05) is 24.2 Å². The van der Waals surface area contributed by atoms with Crippen LogP contribution in [0.5, 0.6) is 0 Å². The molecule has 19 heavy (non-hydrogen) atoms. The predicted molar refractivity (Wildman–Crippen MR) is 71.5 cm³/mol. The number of halogens is 2. The van der Waals surface area contributed by atoms with Crippen LogP contribution in [0.15, 0.2) is 48.7 Å². The second kappa shape index (κ2) is 5.48. The van der Waals surface area contributed by atoms with Crippen LogP contribution in [0, 0.1) is 11.6 Å². The summed E-state index contributed by atoms with van der Waals surface area (Å²) < 4.78 is 25.7. The van der Waals surface area contributed by atoms with Crippen molar-refractivity contribution in [2.45, 2.75) is 0 Å². The smallest absolute Gasteiger partial charge is 0.126 e. The summed E-state index contributed by atoms with van der Waals surface area (Å²) in [5.41, 5.74) is 7.58. The van der Waals surface area contributed by atoms with Gasteiger partial charge in [-0.2, -0.15) is 5.10 Å². The Hall–Kier alpha value is -2.43. The summed E-state index contributed by atoms with van der Waals surface area (Å²) in [6, 6.07) is 10.4. The Kier molecular flexibility index (Phi) is 3.75. The van der Waals surface area contributed by atoms with E-state index in [1.165, 1.54) is 18.2 Å². The van der Waals surface area contributed by atoms with Crippen molar-refractivity contribution in [2.24, 2.45) is 7.05 Å². The molecular weight excluding hydrogens is 248 g/mol. The van der Waals surface area contributed by atoms with Crippen molar-refractivity contribution >= 4 is 16.6 Å². The van der Waals surface area contributed by atoms with Crippen LogP contribution < -0.4 is 5.73 Å². The van der Waals surface area contributed by atoms with Gasteiger partial charge in [-0.25, -0.2) is 8.78 Å². The number of hydrogen-bond donors (Lipinski definition) is 1. The molecule has 1 aromatic heterocycles. The topological polar surface area (TPSA) is 43.8 Å². The van der Waals surface area contributed by atoms with Crippen molar-refractivity contribution in [3.8, 4) is 0 Å². The first-order chi connectivity index (χ1) is 9.08. The lowest BCUT2D eigenvalue weighted by Gasteiger charge is -1.95. The van der Waals surface area contributed by atoms with Crippen molar-refractivity contribution in [3.05, 3.63) is 60.3 Å². The highest BCUT2D eigenvalue weighted by molar-refractivity contribution is 5.89. The Morgan fingerprint density at radius 1 is 1.05 bits per heavy atom. The summed E-state index contributed by atoms with van der Waals surface area (Å²) in [5.74, 6) is -1.07. The van der Waals surface area contributed by atoms with E-state index in [1.54, 1.807) is 6.20 Å². The maximum absolute atomic E-state index is 11.9. The van der Waals surface area contributed by atoms with Gasteiger partial charge in [0.1, 0.15) is 11.6 Å². The van der Waals surface area contributed by atoms with Crippen LogP contribution >= 0.6 is 0 Å². The molecule has 0 amide bonds. The number of nitrogens with two attached hydrogens (primary N) is 1. The number of aryl methyl sites for hydroxylation is 1. The zero-order valence-corrected chi connectivity index (χ0v) is 10.3. The Balaban J connectivity index is 0.000000148. The zero-order chi connectivity index (χ0) is 13.8. The van der Waals surface area contributed by atoms with E-state index >= 15 is 0 Å². The first-order valence-corrected chi connectivity index (χ1v) is 5.65. The number of nitrogens with zero attached hydrogens (tertiary/aromatic N) is 2. The molecule has 5 heteroatoms. The highest BCUT2D eigenvalue weighted by Gasteiger charge is 1.99. The first-order valence-electron chi connectivity index (χ1n) is 5.65. The molecule has 98 valence electrons. The Morgan fingerprint density at radius 3 is 2.21 bits per heavy atom. The van der Waals surface area contributed by atoms with Gasteiger partial charge >= 0.3 is 0 Å². The van der Waals surface area contributed by atoms with E-state index in [2.05, 4.69) is 5.10 Å². The lowest BCUT2D eigenvalue weighted by atomic mass is 10.2. The van der Waals surface area contributed by atoms with Crippen LogP contribution in [0.3, 0.4) is 0 Å². The van der Waals surface area contributed by atoms with E-state index in [-0.39, 0.29) is 0 Å². The van der Waals surface area contributed by atoms with Gasteiger partial charge in [-0.05, 0) is 24.3 Å². The lowest BCUT2D eigenvalue weighted by molar-refractivity contribution is 0.583. The average Bonchev–Trinajstić information content (AvgIpc) is 2.73. The fourth-order valence-corrected chi connectivity index (χ4v) is 1.66. The summed E-state index contributed by atoms with van der Waals surface area (Å²) in [7, 11) is 1.90. The number of aromatic nitrogens is 2. The fraction of sp³-hybridized carbons (Fsp3) is 0.0714. The molecule has 3 rings (SSSR count). The van der Waals surface area contributed by atoms with Crippen LogP contribution in [-0.4, -0.2) is 9.78 Å².